The number of methoxy groups -OCH3 is 1. The number of Topliss-reactive ketones (excluding diaryl/α,β-unsaturated/α-hetero) is 2. The molecule has 0 aliphatic rings. The Morgan fingerprint density at radius 1 is 0.684 bits per heavy atom. The minimum absolute atomic E-state index is 0.0184. The first-order valence-electron chi connectivity index (χ1n) is 19.6. The molecule has 0 N–H and O–H groups in total. The molecule has 6 aromatic rings. The fourth-order valence-electron chi connectivity index (χ4n) is 5.30. The monoisotopic (exact) mass is 803 g/mol. The van der Waals surface area contributed by atoms with Crippen LogP contribution < -0.4 is 4.74 Å². The summed E-state index contributed by atoms with van der Waals surface area (Å²) in [6.07, 6.45) is 6.62. The zero-order valence-corrected chi connectivity index (χ0v) is 36.2. The van der Waals surface area contributed by atoms with Crippen molar-refractivity contribution < 1.29 is 27.5 Å². The summed E-state index contributed by atoms with van der Waals surface area (Å²) in [5.74, 6) is 0.563. The minimum atomic E-state index is -0.904. The Morgan fingerprint density at radius 3 is 1.81 bits per heavy atom. The number of imidazole rings is 1. The summed E-state index contributed by atoms with van der Waals surface area (Å²) in [6, 6.07) is 20.9. The first kappa shape index (κ1) is 48.3. The van der Waals surface area contributed by atoms with Crippen molar-refractivity contribution >= 4 is 38.6 Å². The Hall–Kier alpha value is -4.83. The zero-order valence-electron chi connectivity index (χ0n) is 35.4. The lowest BCUT2D eigenvalue weighted by Crippen LogP contribution is -2.10. The molecule has 0 spiro atoms. The van der Waals surface area contributed by atoms with Crippen LogP contribution in [0.15, 0.2) is 90.7 Å². The first-order valence-corrected chi connectivity index (χ1v) is 20.5. The van der Waals surface area contributed by atoms with Crippen LogP contribution >= 0.6 is 11.3 Å². The van der Waals surface area contributed by atoms with E-state index < -0.39 is 17.5 Å². The molecule has 3 heterocycles. The maximum Gasteiger partial charge on any atom is 0.165 e. The normalized spacial score (nSPS) is 10.6. The van der Waals surface area contributed by atoms with Crippen LogP contribution in [-0.4, -0.2) is 33.0 Å². The molecular weight excluding hydrogens is 744 g/mol. The molecule has 57 heavy (non-hydrogen) atoms. The van der Waals surface area contributed by atoms with Gasteiger partial charge in [0.2, 0.25) is 0 Å². The molecule has 0 radical (unpaired) electrons. The Kier molecular flexibility index (Phi) is 21.0. The van der Waals surface area contributed by atoms with Gasteiger partial charge in [-0.25, -0.2) is 23.1 Å². The van der Waals surface area contributed by atoms with E-state index in [2.05, 4.69) is 72.5 Å². The highest BCUT2D eigenvalue weighted by atomic mass is 32.1. The second-order valence-corrected chi connectivity index (χ2v) is 15.7. The van der Waals surface area contributed by atoms with E-state index in [0.29, 0.717) is 17.0 Å². The molecule has 3 aromatic carbocycles. The first-order chi connectivity index (χ1) is 27.1. The van der Waals surface area contributed by atoms with Crippen LogP contribution in [0.25, 0.3) is 15.7 Å². The number of hydrogen-bond acceptors (Lipinski definition) is 6. The highest BCUT2D eigenvalue weighted by Gasteiger charge is 2.12. The summed E-state index contributed by atoms with van der Waals surface area (Å²) in [5, 5.41) is 0. The zero-order chi connectivity index (χ0) is 42.7. The van der Waals surface area contributed by atoms with Crippen LogP contribution in [0.1, 0.15) is 91.8 Å². The fourth-order valence-corrected chi connectivity index (χ4v) is 5.96. The molecule has 0 fully saturated rings. The topological polar surface area (TPSA) is 73.6 Å². The van der Waals surface area contributed by atoms with Crippen LogP contribution in [0.4, 0.5) is 13.2 Å². The van der Waals surface area contributed by atoms with Crippen molar-refractivity contribution in [2.45, 2.75) is 94.9 Å². The van der Waals surface area contributed by atoms with Gasteiger partial charge in [-0.05, 0) is 83.5 Å². The van der Waals surface area contributed by atoms with Crippen LogP contribution in [0, 0.1) is 41.1 Å². The molecule has 0 unspecified atom stereocenters. The number of ether oxygens (including phenoxy) is 1. The molecule has 0 amide bonds. The van der Waals surface area contributed by atoms with Gasteiger partial charge in [-0.2, -0.15) is 0 Å². The van der Waals surface area contributed by atoms with Crippen LogP contribution in [0.2, 0.25) is 0 Å². The van der Waals surface area contributed by atoms with Crippen LogP contribution in [0.3, 0.4) is 0 Å². The predicted octanol–water partition coefficient (Wildman–Crippen LogP) is 12.4. The summed E-state index contributed by atoms with van der Waals surface area (Å²) in [7, 11) is 1.41. The molecule has 3 aromatic heterocycles. The van der Waals surface area contributed by atoms with Crippen molar-refractivity contribution in [1.82, 2.24) is 14.4 Å². The summed E-state index contributed by atoms with van der Waals surface area (Å²) in [4.78, 5) is 31.4. The van der Waals surface area contributed by atoms with E-state index in [1.54, 1.807) is 31.3 Å². The van der Waals surface area contributed by atoms with E-state index >= 15 is 0 Å². The largest absolute Gasteiger partial charge is 0.494 e. The van der Waals surface area contributed by atoms with Gasteiger partial charge < -0.3 is 9.14 Å². The van der Waals surface area contributed by atoms with Crippen molar-refractivity contribution in [3.8, 4) is 5.75 Å². The summed E-state index contributed by atoms with van der Waals surface area (Å²) < 4.78 is 46.8. The van der Waals surface area contributed by atoms with Gasteiger partial charge in [0, 0.05) is 37.3 Å². The van der Waals surface area contributed by atoms with E-state index in [-0.39, 0.29) is 42.0 Å². The number of aromatic nitrogens is 3. The van der Waals surface area contributed by atoms with Gasteiger partial charge in [0.1, 0.15) is 17.4 Å². The fraction of sp³-hybridized carbons (Fsp3) is 0.404. The second kappa shape index (κ2) is 24.7. The number of carbonyl (C=O) groups is 2. The Labute approximate surface area is 341 Å². The number of rotatable bonds is 11. The van der Waals surface area contributed by atoms with Crippen molar-refractivity contribution in [2.75, 3.05) is 7.11 Å². The molecule has 10 heteroatoms. The third-order valence-corrected chi connectivity index (χ3v) is 9.20. The Morgan fingerprint density at radius 2 is 1.26 bits per heavy atom. The quantitative estimate of drug-likeness (QED) is 0.130. The molecular formula is C47H60F3N3O3S. The Bertz CT molecular complexity index is 2120. The molecule has 6 nitrogen and oxygen atoms in total. The van der Waals surface area contributed by atoms with Gasteiger partial charge in [-0.3, -0.25) is 9.59 Å². The molecule has 0 saturated heterocycles. The number of pyridine rings is 1. The molecule has 308 valence electrons. The van der Waals surface area contributed by atoms with E-state index in [9.17, 15) is 22.8 Å². The second-order valence-electron chi connectivity index (χ2n) is 14.8. The van der Waals surface area contributed by atoms with Gasteiger partial charge >= 0.3 is 0 Å². The molecule has 0 saturated carbocycles. The van der Waals surface area contributed by atoms with E-state index in [4.69, 9.17) is 4.74 Å². The maximum absolute atomic E-state index is 13.3. The van der Waals surface area contributed by atoms with Crippen molar-refractivity contribution in [3.63, 3.8) is 0 Å². The number of ketones is 2. The van der Waals surface area contributed by atoms with E-state index in [1.165, 1.54) is 41.1 Å². The minimum Gasteiger partial charge on any atom is -0.494 e. The van der Waals surface area contributed by atoms with E-state index in [1.807, 2.05) is 51.5 Å². The van der Waals surface area contributed by atoms with Crippen molar-refractivity contribution in [3.05, 3.63) is 131 Å². The molecule has 0 aliphatic carbocycles. The number of thiazole rings is 1. The third kappa shape index (κ3) is 16.7. The average Bonchev–Trinajstić information content (AvgIpc) is 3.81. The number of benzene rings is 3. The summed E-state index contributed by atoms with van der Waals surface area (Å²) in [5.41, 5.74) is 6.83. The lowest BCUT2D eigenvalue weighted by molar-refractivity contribution is -0.122. The number of halogens is 3. The number of fused-ring (bicyclic) bond motifs is 2. The van der Waals surface area contributed by atoms with Crippen LogP contribution in [0.5, 0.6) is 5.75 Å². The number of nitrogens with zero attached hydrogens (tertiary/aromatic N) is 3. The highest BCUT2D eigenvalue weighted by molar-refractivity contribution is 7.16. The third-order valence-electron chi connectivity index (χ3n) is 8.39. The number of hydrogen-bond donors (Lipinski definition) is 0. The van der Waals surface area contributed by atoms with E-state index in [0.717, 1.165) is 42.2 Å². The predicted molar refractivity (Wildman–Crippen MR) is 230 cm³/mol. The van der Waals surface area contributed by atoms with Crippen molar-refractivity contribution in [1.29, 1.82) is 0 Å². The highest BCUT2D eigenvalue weighted by Crippen LogP contribution is 2.21. The Balaban J connectivity index is 0.000000259. The SMILES string of the molecule is CC.CC(C)C(=O)Cc1ccc(F)c(F)c1.CC(C)Cc1ccc2scnc2c1.CC(C)Cc1ncc2ccccn12.COc1ccc(CC(=O)C(C)C)cc1F. The van der Waals surface area contributed by atoms with Gasteiger partial charge in [-0.1, -0.05) is 93.5 Å². The van der Waals surface area contributed by atoms with Crippen molar-refractivity contribution in [2.24, 2.45) is 23.7 Å². The van der Waals surface area contributed by atoms with Gasteiger partial charge in [-0.15, -0.1) is 11.3 Å². The summed E-state index contributed by atoms with van der Waals surface area (Å²) in [6.45, 7) is 20.1. The summed E-state index contributed by atoms with van der Waals surface area (Å²) >= 11 is 1.70. The lowest BCUT2D eigenvalue weighted by atomic mass is 10.0. The maximum atomic E-state index is 13.3. The van der Waals surface area contributed by atoms with Gasteiger partial charge in [0.05, 0.1) is 34.6 Å². The molecule has 6 rings (SSSR count). The smallest absolute Gasteiger partial charge is 0.165 e. The van der Waals surface area contributed by atoms with Gasteiger partial charge in [0.25, 0.3) is 0 Å². The standard InChI is InChI=1S/C12H15FO2.C11H12F2O.C11H14N2.C11H13NS.C2H6/c1-8(2)11(14)7-9-4-5-12(15-3)10(13)6-9;1-7(2)11(14)6-8-3-4-9(12)10(13)5-8;1-9(2)7-11-12-8-10-5-3-4-6-13(10)11;1-8(2)5-9-3-4-11-10(6-9)12-7-13-11;1-2/h4-6,8H,7H2,1-3H3;3-5,7H,6H2,1-2H3;3-6,8-9H,7H2,1-2H3;3-4,6-8H,5H2,1-2H3;1-2H3. The lowest BCUT2D eigenvalue weighted by Gasteiger charge is -2.06. The van der Waals surface area contributed by atoms with Gasteiger partial charge in [0.15, 0.2) is 23.2 Å². The molecule has 0 atom stereocenters. The molecule has 0 bridgehead atoms. The number of carbonyl (C=O) groups excluding carboxylic acids is 2. The van der Waals surface area contributed by atoms with Crippen LogP contribution in [-0.2, 0) is 35.3 Å². The average molecular weight is 804 g/mol. The molecule has 0 aliphatic heterocycles.